The first-order chi connectivity index (χ1) is 11.6. The van der Waals surface area contributed by atoms with Crippen molar-refractivity contribution in [1.29, 1.82) is 0 Å². The van der Waals surface area contributed by atoms with Gasteiger partial charge < -0.3 is 20.1 Å². The van der Waals surface area contributed by atoms with Crippen LogP contribution in [0.4, 0.5) is 4.39 Å². The Morgan fingerprint density at radius 1 is 1.04 bits per heavy atom. The SMILES string of the molecule is COc1ccc(CNCC(=O)NCc2ccccc2F)cc1OC. The van der Waals surface area contributed by atoms with E-state index in [9.17, 15) is 9.18 Å². The summed E-state index contributed by atoms with van der Waals surface area (Å²) in [6.07, 6.45) is 0. The molecule has 0 fully saturated rings. The van der Waals surface area contributed by atoms with Gasteiger partial charge in [-0.25, -0.2) is 4.39 Å². The molecule has 0 heterocycles. The number of carbonyl (C=O) groups excluding carboxylic acids is 1. The summed E-state index contributed by atoms with van der Waals surface area (Å²) in [4.78, 5) is 11.8. The average molecular weight is 332 g/mol. The van der Waals surface area contributed by atoms with Crippen molar-refractivity contribution in [3.8, 4) is 11.5 Å². The van der Waals surface area contributed by atoms with Gasteiger partial charge in [0, 0.05) is 18.7 Å². The molecule has 2 aromatic carbocycles. The lowest BCUT2D eigenvalue weighted by Gasteiger charge is -2.10. The number of hydrogen-bond acceptors (Lipinski definition) is 4. The van der Waals surface area contributed by atoms with E-state index in [2.05, 4.69) is 10.6 Å². The van der Waals surface area contributed by atoms with Crippen LogP contribution in [0.15, 0.2) is 42.5 Å². The summed E-state index contributed by atoms with van der Waals surface area (Å²) in [5.74, 6) is 0.777. The molecule has 0 aliphatic heterocycles. The molecule has 0 aliphatic rings. The predicted octanol–water partition coefficient (Wildman–Crippen LogP) is 2.25. The van der Waals surface area contributed by atoms with Crippen LogP contribution < -0.4 is 20.1 Å². The molecule has 0 saturated heterocycles. The lowest BCUT2D eigenvalue weighted by atomic mass is 10.2. The molecule has 0 aliphatic carbocycles. The van der Waals surface area contributed by atoms with E-state index >= 15 is 0 Å². The highest BCUT2D eigenvalue weighted by molar-refractivity contribution is 5.77. The van der Waals surface area contributed by atoms with Gasteiger partial charge in [-0.05, 0) is 23.8 Å². The molecule has 24 heavy (non-hydrogen) atoms. The van der Waals surface area contributed by atoms with Gasteiger partial charge in [0.2, 0.25) is 5.91 Å². The van der Waals surface area contributed by atoms with Crippen LogP contribution in [0.25, 0.3) is 0 Å². The van der Waals surface area contributed by atoms with Crippen LogP contribution in [0.2, 0.25) is 0 Å². The van der Waals surface area contributed by atoms with E-state index in [1.54, 1.807) is 32.4 Å². The molecule has 5 nitrogen and oxygen atoms in total. The minimum atomic E-state index is -0.323. The van der Waals surface area contributed by atoms with Crippen LogP contribution in [0.3, 0.4) is 0 Å². The van der Waals surface area contributed by atoms with Gasteiger partial charge in [0.25, 0.3) is 0 Å². The molecule has 128 valence electrons. The smallest absolute Gasteiger partial charge is 0.234 e. The number of halogens is 1. The maximum Gasteiger partial charge on any atom is 0.234 e. The highest BCUT2D eigenvalue weighted by Gasteiger charge is 2.06. The molecule has 0 bridgehead atoms. The van der Waals surface area contributed by atoms with Crippen LogP contribution in [-0.4, -0.2) is 26.7 Å². The van der Waals surface area contributed by atoms with Crippen molar-refractivity contribution in [3.05, 3.63) is 59.4 Å². The van der Waals surface area contributed by atoms with Crippen LogP contribution in [0.1, 0.15) is 11.1 Å². The van der Waals surface area contributed by atoms with Crippen LogP contribution in [-0.2, 0) is 17.9 Å². The molecular weight excluding hydrogens is 311 g/mol. The summed E-state index contributed by atoms with van der Waals surface area (Å²) in [7, 11) is 3.15. The Balaban J connectivity index is 1.77. The maximum atomic E-state index is 13.5. The highest BCUT2D eigenvalue weighted by Crippen LogP contribution is 2.27. The number of rotatable bonds is 8. The number of nitrogens with one attached hydrogen (secondary N) is 2. The highest BCUT2D eigenvalue weighted by atomic mass is 19.1. The Morgan fingerprint density at radius 2 is 1.79 bits per heavy atom. The first-order valence-electron chi connectivity index (χ1n) is 7.55. The van der Waals surface area contributed by atoms with Crippen molar-refractivity contribution in [2.24, 2.45) is 0 Å². The minimum absolute atomic E-state index is 0.142. The van der Waals surface area contributed by atoms with Crippen molar-refractivity contribution >= 4 is 5.91 Å². The minimum Gasteiger partial charge on any atom is -0.493 e. The third-order valence-electron chi connectivity index (χ3n) is 3.50. The fourth-order valence-electron chi connectivity index (χ4n) is 2.21. The molecule has 0 saturated carbocycles. The van der Waals surface area contributed by atoms with E-state index in [0.717, 1.165) is 5.56 Å². The zero-order valence-corrected chi connectivity index (χ0v) is 13.8. The number of amides is 1. The van der Waals surface area contributed by atoms with E-state index in [1.807, 2.05) is 18.2 Å². The number of hydrogen-bond donors (Lipinski definition) is 2. The van der Waals surface area contributed by atoms with E-state index in [-0.39, 0.29) is 24.8 Å². The first kappa shape index (κ1) is 17.7. The second-order valence-electron chi connectivity index (χ2n) is 5.16. The Kier molecular flexibility index (Phi) is 6.57. The number of benzene rings is 2. The van der Waals surface area contributed by atoms with Crippen LogP contribution in [0, 0.1) is 5.82 Å². The summed E-state index contributed by atoms with van der Waals surface area (Å²) < 4.78 is 23.9. The number of carbonyl (C=O) groups is 1. The average Bonchev–Trinajstić information content (AvgIpc) is 2.61. The Hall–Kier alpha value is -2.60. The van der Waals surface area contributed by atoms with Crippen molar-refractivity contribution in [2.45, 2.75) is 13.1 Å². The van der Waals surface area contributed by atoms with Gasteiger partial charge in [0.05, 0.1) is 20.8 Å². The summed E-state index contributed by atoms with van der Waals surface area (Å²) in [6.45, 7) is 0.819. The van der Waals surface area contributed by atoms with Gasteiger partial charge in [-0.1, -0.05) is 24.3 Å². The standard InChI is InChI=1S/C18H21FN2O3/c1-23-16-8-7-13(9-17(16)24-2)10-20-12-18(22)21-11-14-5-3-4-6-15(14)19/h3-9,20H,10-12H2,1-2H3,(H,21,22). The molecule has 2 aromatic rings. The van der Waals surface area contributed by atoms with Crippen LogP contribution in [0.5, 0.6) is 11.5 Å². The maximum absolute atomic E-state index is 13.5. The molecule has 2 N–H and O–H groups in total. The van der Waals surface area contributed by atoms with Crippen molar-refractivity contribution in [2.75, 3.05) is 20.8 Å². The predicted molar refractivity (Wildman–Crippen MR) is 89.5 cm³/mol. The Bertz CT molecular complexity index is 692. The van der Waals surface area contributed by atoms with Crippen molar-refractivity contribution in [3.63, 3.8) is 0 Å². The lowest BCUT2D eigenvalue weighted by Crippen LogP contribution is -2.33. The third-order valence-corrected chi connectivity index (χ3v) is 3.50. The summed E-state index contributed by atoms with van der Waals surface area (Å²) in [5.41, 5.74) is 1.43. The van der Waals surface area contributed by atoms with E-state index in [0.29, 0.717) is 23.6 Å². The fourth-order valence-corrected chi connectivity index (χ4v) is 2.21. The normalized spacial score (nSPS) is 10.3. The third kappa shape index (κ3) is 4.96. The molecule has 0 radical (unpaired) electrons. The van der Waals surface area contributed by atoms with Crippen molar-refractivity contribution in [1.82, 2.24) is 10.6 Å². The van der Waals surface area contributed by atoms with E-state index in [4.69, 9.17) is 9.47 Å². The summed E-state index contributed by atoms with van der Waals surface area (Å²) in [6, 6.07) is 11.9. The molecule has 1 amide bonds. The molecule has 0 unspecified atom stereocenters. The van der Waals surface area contributed by atoms with Gasteiger partial charge in [0.1, 0.15) is 5.82 Å². The molecule has 2 rings (SSSR count). The van der Waals surface area contributed by atoms with Gasteiger partial charge in [-0.2, -0.15) is 0 Å². The van der Waals surface area contributed by atoms with E-state index < -0.39 is 0 Å². The molecule has 6 heteroatoms. The largest absolute Gasteiger partial charge is 0.493 e. The fraction of sp³-hybridized carbons (Fsp3) is 0.278. The number of methoxy groups -OCH3 is 2. The van der Waals surface area contributed by atoms with Gasteiger partial charge in [-0.15, -0.1) is 0 Å². The molecule has 0 aromatic heterocycles. The summed E-state index contributed by atoms with van der Waals surface area (Å²) >= 11 is 0. The van der Waals surface area contributed by atoms with Crippen molar-refractivity contribution < 1.29 is 18.7 Å². The zero-order chi connectivity index (χ0) is 17.4. The van der Waals surface area contributed by atoms with Crippen LogP contribution >= 0.6 is 0 Å². The topological polar surface area (TPSA) is 59.6 Å². The number of ether oxygens (including phenoxy) is 2. The zero-order valence-electron chi connectivity index (χ0n) is 13.8. The second-order valence-corrected chi connectivity index (χ2v) is 5.16. The monoisotopic (exact) mass is 332 g/mol. The van der Waals surface area contributed by atoms with Gasteiger partial charge in [-0.3, -0.25) is 4.79 Å². The Morgan fingerprint density at radius 3 is 2.50 bits per heavy atom. The molecular formula is C18H21FN2O3. The summed E-state index contributed by atoms with van der Waals surface area (Å²) in [5, 5.41) is 5.72. The molecule has 0 spiro atoms. The second kappa shape index (κ2) is 8.88. The quantitative estimate of drug-likeness (QED) is 0.778. The Labute approximate surface area is 140 Å². The molecule has 0 atom stereocenters. The first-order valence-corrected chi connectivity index (χ1v) is 7.55. The van der Waals surface area contributed by atoms with E-state index in [1.165, 1.54) is 6.07 Å². The lowest BCUT2D eigenvalue weighted by molar-refractivity contribution is -0.120. The van der Waals surface area contributed by atoms with Gasteiger partial charge >= 0.3 is 0 Å². The van der Waals surface area contributed by atoms with Gasteiger partial charge in [0.15, 0.2) is 11.5 Å².